The van der Waals surface area contributed by atoms with E-state index in [1.165, 1.54) is 24.0 Å². The molecule has 0 bridgehead atoms. The number of carbonyl (C=O) groups is 6. The summed E-state index contributed by atoms with van der Waals surface area (Å²) in [6.07, 6.45) is 0.0239. The molecule has 0 saturated carbocycles. The van der Waals surface area contributed by atoms with Crippen LogP contribution in [0.5, 0.6) is 5.75 Å². The number of carboxylic acids is 1. The quantitative estimate of drug-likeness (QED) is 0.201. The molecule has 2 aliphatic heterocycles. The zero-order valence-electron chi connectivity index (χ0n) is 19.6. The van der Waals surface area contributed by atoms with Crippen LogP contribution >= 0.6 is 0 Å². The van der Waals surface area contributed by atoms with Gasteiger partial charge in [0.05, 0.1) is 11.5 Å². The van der Waals surface area contributed by atoms with Crippen molar-refractivity contribution in [3.63, 3.8) is 0 Å². The number of rotatable bonds is 7. The zero-order chi connectivity index (χ0) is 26.6. The second-order valence-corrected chi connectivity index (χ2v) is 8.21. The monoisotopic (exact) mass is 503 g/mol. The highest BCUT2D eigenvalue weighted by Gasteiger charge is 2.40. The number of carbonyl (C=O) groups excluding carboxylic acids is 5. The van der Waals surface area contributed by atoms with Gasteiger partial charge < -0.3 is 35.6 Å². The number of hydrogen-bond acceptors (Lipinski definition) is 8. The third-order valence-corrected chi connectivity index (χ3v) is 5.78. The van der Waals surface area contributed by atoms with Gasteiger partial charge in [0.25, 0.3) is 0 Å². The number of piperazine rings is 1. The minimum atomic E-state index is -1.60. The first kappa shape index (κ1) is 26.5. The smallest absolute Gasteiger partial charge is 0.534 e. The van der Waals surface area contributed by atoms with Crippen LogP contribution in [0.2, 0.25) is 0 Å². The number of nitrogens with zero attached hydrogens (tertiary/aromatic N) is 2. The van der Waals surface area contributed by atoms with Crippen molar-refractivity contribution >= 4 is 42.7 Å². The maximum Gasteiger partial charge on any atom is 0.547 e. The normalized spacial score (nSPS) is 18.1. The predicted molar refractivity (Wildman–Crippen MR) is 123 cm³/mol. The maximum atomic E-state index is 13.0. The summed E-state index contributed by atoms with van der Waals surface area (Å²) in [7, 11) is -1.60. The van der Waals surface area contributed by atoms with Gasteiger partial charge in [-0.3, -0.25) is 24.1 Å². The minimum Gasteiger partial charge on any atom is -0.534 e. The highest BCUT2D eigenvalue weighted by molar-refractivity contribution is 6.47. The van der Waals surface area contributed by atoms with E-state index < -0.39 is 54.7 Å². The van der Waals surface area contributed by atoms with Crippen LogP contribution in [0.1, 0.15) is 29.8 Å². The SMILES string of the molecule is CCN1CCN(C(=O)NC(CNC(C)=O)C(=O)N[C@H]2Cc3cccc(C(=O)O)c3OB2O)C(=O)C1=O. The Morgan fingerprint density at radius 1 is 1.19 bits per heavy atom. The standard InChI is InChI=1S/C21H26BN5O9/c1-3-26-7-8-27(19(31)18(26)30)21(34)24-14(10-23-11(2)28)17(29)25-15-9-12-5-4-6-13(20(32)33)16(12)36-22(15)35/h4-6,14-15,35H,3,7-10H2,1-2H3,(H,23,28)(H,24,34)(H,25,29)(H,32,33)/t14?,15-/m0/s1. The van der Waals surface area contributed by atoms with Gasteiger partial charge in [-0.25, -0.2) is 9.59 Å². The Kier molecular flexibility index (Phi) is 8.14. The number of benzene rings is 1. The molecule has 0 aliphatic carbocycles. The van der Waals surface area contributed by atoms with Crippen LogP contribution < -0.4 is 20.6 Å². The zero-order valence-corrected chi connectivity index (χ0v) is 19.6. The van der Waals surface area contributed by atoms with E-state index >= 15 is 0 Å². The molecule has 1 aromatic carbocycles. The third-order valence-electron chi connectivity index (χ3n) is 5.78. The number of fused-ring (bicyclic) bond motifs is 1. The fourth-order valence-corrected chi connectivity index (χ4v) is 3.85. The number of para-hydroxylation sites is 1. The van der Waals surface area contributed by atoms with Crippen molar-refractivity contribution in [3.05, 3.63) is 29.3 Å². The van der Waals surface area contributed by atoms with Crippen molar-refractivity contribution < 1.29 is 43.6 Å². The molecular weight excluding hydrogens is 477 g/mol. The molecule has 15 heteroatoms. The summed E-state index contributed by atoms with van der Waals surface area (Å²) in [6, 6.07) is 2.04. The number of amides is 6. The largest absolute Gasteiger partial charge is 0.547 e. The van der Waals surface area contributed by atoms with Crippen LogP contribution in [0.3, 0.4) is 0 Å². The van der Waals surface area contributed by atoms with Gasteiger partial charge in [-0.05, 0) is 25.0 Å². The highest BCUT2D eigenvalue weighted by atomic mass is 16.5. The number of imide groups is 1. The van der Waals surface area contributed by atoms with E-state index in [0.29, 0.717) is 17.0 Å². The Balaban J connectivity index is 1.72. The van der Waals surface area contributed by atoms with Gasteiger partial charge in [-0.2, -0.15) is 0 Å². The Bertz CT molecular complexity index is 1100. The fourth-order valence-electron chi connectivity index (χ4n) is 3.85. The fraction of sp³-hybridized carbons (Fsp3) is 0.429. The van der Waals surface area contributed by atoms with Crippen LogP contribution in [-0.2, 0) is 25.6 Å². The molecule has 14 nitrogen and oxygen atoms in total. The number of nitrogens with one attached hydrogen (secondary N) is 3. The van der Waals surface area contributed by atoms with E-state index in [1.54, 1.807) is 13.0 Å². The van der Waals surface area contributed by atoms with Gasteiger partial charge in [0.15, 0.2) is 0 Å². The lowest BCUT2D eigenvalue weighted by Gasteiger charge is -2.33. The Morgan fingerprint density at radius 3 is 2.56 bits per heavy atom. The van der Waals surface area contributed by atoms with Crippen molar-refractivity contribution in [3.8, 4) is 5.75 Å². The van der Waals surface area contributed by atoms with Crippen molar-refractivity contribution in [1.29, 1.82) is 0 Å². The number of urea groups is 1. The molecule has 2 heterocycles. The molecule has 5 N–H and O–H groups in total. The molecule has 1 saturated heterocycles. The first-order valence-electron chi connectivity index (χ1n) is 11.2. The van der Waals surface area contributed by atoms with Crippen molar-refractivity contribution in [2.45, 2.75) is 32.3 Å². The summed E-state index contributed by atoms with van der Waals surface area (Å²) in [6.45, 7) is 2.93. The first-order valence-corrected chi connectivity index (χ1v) is 11.2. The van der Waals surface area contributed by atoms with E-state index in [9.17, 15) is 38.9 Å². The van der Waals surface area contributed by atoms with Crippen LogP contribution in [0.15, 0.2) is 18.2 Å². The summed E-state index contributed by atoms with van der Waals surface area (Å²) in [5.74, 6) is -5.45. The lowest BCUT2D eigenvalue weighted by molar-refractivity contribution is -0.153. The van der Waals surface area contributed by atoms with E-state index in [0.717, 1.165) is 0 Å². The van der Waals surface area contributed by atoms with Gasteiger partial charge in [-0.1, -0.05) is 12.1 Å². The van der Waals surface area contributed by atoms with Crippen molar-refractivity contribution in [1.82, 2.24) is 25.8 Å². The molecule has 0 radical (unpaired) electrons. The molecule has 0 spiro atoms. The second-order valence-electron chi connectivity index (χ2n) is 8.21. The van der Waals surface area contributed by atoms with Crippen LogP contribution in [-0.4, -0.2) is 101 Å². The summed E-state index contributed by atoms with van der Waals surface area (Å²) in [5.41, 5.74) is 0.292. The lowest BCUT2D eigenvalue weighted by atomic mass is 9.72. The molecule has 3 rings (SSSR count). The molecular formula is C21H26BN5O9. The van der Waals surface area contributed by atoms with E-state index in [2.05, 4.69) is 16.0 Å². The van der Waals surface area contributed by atoms with Gasteiger partial charge in [0.2, 0.25) is 11.8 Å². The van der Waals surface area contributed by atoms with Crippen molar-refractivity contribution in [2.75, 3.05) is 26.2 Å². The number of aromatic carboxylic acids is 1. The van der Waals surface area contributed by atoms with Gasteiger partial charge in [0, 0.05) is 33.1 Å². The molecule has 1 unspecified atom stereocenters. The average molecular weight is 503 g/mol. The molecule has 6 amide bonds. The summed E-state index contributed by atoms with van der Waals surface area (Å²) < 4.78 is 5.35. The Hall–Kier alpha value is -4.14. The summed E-state index contributed by atoms with van der Waals surface area (Å²) >= 11 is 0. The number of likely N-dealkylation sites (N-methyl/N-ethyl adjacent to an activating group) is 1. The number of hydrogen-bond donors (Lipinski definition) is 5. The van der Waals surface area contributed by atoms with Crippen LogP contribution in [0.4, 0.5) is 4.79 Å². The molecule has 1 aromatic rings. The Labute approximate surface area is 206 Å². The molecule has 2 atom stereocenters. The topological polar surface area (TPSA) is 195 Å². The first-order chi connectivity index (χ1) is 17.0. The highest BCUT2D eigenvalue weighted by Crippen LogP contribution is 2.30. The summed E-state index contributed by atoms with van der Waals surface area (Å²) in [5, 5.41) is 27.0. The molecule has 2 aliphatic rings. The molecule has 0 aromatic heterocycles. The van der Waals surface area contributed by atoms with Gasteiger partial charge in [0.1, 0.15) is 11.8 Å². The molecule has 1 fully saturated rings. The lowest BCUT2D eigenvalue weighted by Crippen LogP contribution is -2.63. The average Bonchev–Trinajstić information content (AvgIpc) is 2.83. The second kappa shape index (κ2) is 11.1. The van der Waals surface area contributed by atoms with Crippen molar-refractivity contribution in [2.24, 2.45) is 0 Å². The van der Waals surface area contributed by atoms with E-state index in [1.807, 2.05) is 0 Å². The summed E-state index contributed by atoms with van der Waals surface area (Å²) in [4.78, 5) is 75.0. The van der Waals surface area contributed by atoms with Crippen LogP contribution in [0, 0.1) is 0 Å². The maximum absolute atomic E-state index is 13.0. The van der Waals surface area contributed by atoms with E-state index in [-0.39, 0.29) is 37.4 Å². The van der Waals surface area contributed by atoms with Gasteiger partial charge in [-0.15, -0.1) is 0 Å². The Morgan fingerprint density at radius 2 is 1.92 bits per heavy atom. The third kappa shape index (κ3) is 5.74. The van der Waals surface area contributed by atoms with Crippen LogP contribution in [0.25, 0.3) is 0 Å². The molecule has 36 heavy (non-hydrogen) atoms. The number of carboxylic acid groups (broad SMARTS) is 1. The van der Waals surface area contributed by atoms with Gasteiger partial charge >= 0.3 is 30.9 Å². The predicted octanol–water partition coefficient (Wildman–Crippen LogP) is -2.27. The van der Waals surface area contributed by atoms with E-state index in [4.69, 9.17) is 4.65 Å². The molecule has 192 valence electrons. The minimum absolute atomic E-state index is 0.0134.